The lowest BCUT2D eigenvalue weighted by molar-refractivity contribution is -0.274. The highest BCUT2D eigenvalue weighted by atomic mass is 19.4. The number of aliphatic hydroxyl groups excluding tert-OH is 1. The molecule has 1 aliphatic heterocycles. The molecule has 1 unspecified atom stereocenters. The van der Waals surface area contributed by atoms with Crippen LogP contribution in [0.3, 0.4) is 0 Å². The Labute approximate surface area is 210 Å². The van der Waals surface area contributed by atoms with Crippen molar-refractivity contribution >= 4 is 23.1 Å². The maximum absolute atomic E-state index is 13.2. The first-order chi connectivity index (χ1) is 17.4. The van der Waals surface area contributed by atoms with Gasteiger partial charge in [-0.3, -0.25) is 14.5 Å². The van der Waals surface area contributed by atoms with Gasteiger partial charge in [-0.2, -0.15) is 0 Å². The van der Waals surface area contributed by atoms with Crippen molar-refractivity contribution in [2.75, 3.05) is 4.90 Å². The minimum absolute atomic E-state index is 0.0575. The van der Waals surface area contributed by atoms with Gasteiger partial charge in [0.1, 0.15) is 23.0 Å². The van der Waals surface area contributed by atoms with Crippen LogP contribution in [0.15, 0.2) is 78.4 Å². The summed E-state index contributed by atoms with van der Waals surface area (Å²) < 4.78 is 48.0. The number of hydrogen-bond acceptors (Lipinski definition) is 6. The zero-order valence-corrected chi connectivity index (χ0v) is 19.7. The molecular formula is C27H22F3NO6. The van der Waals surface area contributed by atoms with Gasteiger partial charge in [-0.05, 0) is 55.8 Å². The Morgan fingerprint density at radius 2 is 1.59 bits per heavy atom. The second kappa shape index (κ2) is 9.88. The van der Waals surface area contributed by atoms with Gasteiger partial charge in [-0.1, -0.05) is 30.3 Å². The third-order valence-corrected chi connectivity index (χ3v) is 5.46. The maximum Gasteiger partial charge on any atom is 0.573 e. The molecule has 1 atom stereocenters. The Balaban J connectivity index is 1.88. The van der Waals surface area contributed by atoms with E-state index >= 15 is 0 Å². The van der Waals surface area contributed by atoms with Crippen molar-refractivity contribution in [3.8, 4) is 17.2 Å². The summed E-state index contributed by atoms with van der Waals surface area (Å²) in [6.45, 7) is 3.64. The lowest BCUT2D eigenvalue weighted by atomic mass is 9.95. The number of alkyl halides is 3. The summed E-state index contributed by atoms with van der Waals surface area (Å²) in [6.07, 6.45) is -5.13. The highest BCUT2D eigenvalue weighted by molar-refractivity contribution is 6.51. The number of amides is 1. The van der Waals surface area contributed by atoms with Crippen LogP contribution < -0.4 is 14.4 Å². The fourth-order valence-electron chi connectivity index (χ4n) is 4.05. The van der Waals surface area contributed by atoms with Crippen LogP contribution in [0.1, 0.15) is 31.0 Å². The average Bonchev–Trinajstić information content (AvgIpc) is 3.08. The lowest BCUT2D eigenvalue weighted by Crippen LogP contribution is -2.29. The molecule has 1 amide bonds. The molecule has 0 aliphatic carbocycles. The first-order valence-electron chi connectivity index (χ1n) is 11.2. The Morgan fingerprint density at radius 1 is 0.946 bits per heavy atom. The Bertz CT molecular complexity index is 1370. The highest BCUT2D eigenvalue weighted by Crippen LogP contribution is 2.43. The zero-order chi connectivity index (χ0) is 26.9. The number of hydrogen-bond donors (Lipinski definition) is 2. The van der Waals surface area contributed by atoms with E-state index in [4.69, 9.17) is 4.74 Å². The number of phenolic OH excluding ortho intramolecular Hbond substituents is 1. The van der Waals surface area contributed by atoms with Crippen LogP contribution in [0.25, 0.3) is 5.76 Å². The first-order valence-corrected chi connectivity index (χ1v) is 11.2. The summed E-state index contributed by atoms with van der Waals surface area (Å²) in [7, 11) is 0. The molecule has 0 radical (unpaired) electrons. The molecule has 192 valence electrons. The van der Waals surface area contributed by atoms with Gasteiger partial charge in [0.25, 0.3) is 11.7 Å². The fourth-order valence-corrected chi connectivity index (χ4v) is 4.05. The second-order valence-corrected chi connectivity index (χ2v) is 8.50. The molecular weight excluding hydrogens is 491 g/mol. The van der Waals surface area contributed by atoms with E-state index in [1.807, 2.05) is 13.8 Å². The van der Waals surface area contributed by atoms with Gasteiger partial charge in [-0.25, -0.2) is 0 Å². The number of aromatic hydroxyl groups is 1. The van der Waals surface area contributed by atoms with Crippen molar-refractivity contribution in [3.63, 3.8) is 0 Å². The summed E-state index contributed by atoms with van der Waals surface area (Å²) >= 11 is 0. The van der Waals surface area contributed by atoms with E-state index in [2.05, 4.69) is 4.74 Å². The maximum atomic E-state index is 13.2. The van der Waals surface area contributed by atoms with E-state index in [1.165, 1.54) is 48.5 Å². The highest BCUT2D eigenvalue weighted by Gasteiger charge is 2.47. The number of benzene rings is 3. The smallest absolute Gasteiger partial charge is 0.508 e. The summed E-state index contributed by atoms with van der Waals surface area (Å²) in [5, 5.41) is 21.0. The predicted molar refractivity (Wildman–Crippen MR) is 128 cm³/mol. The van der Waals surface area contributed by atoms with Gasteiger partial charge in [0.15, 0.2) is 0 Å². The van der Waals surface area contributed by atoms with Gasteiger partial charge in [0, 0.05) is 17.3 Å². The van der Waals surface area contributed by atoms with E-state index in [-0.39, 0.29) is 28.7 Å². The number of anilines is 1. The third kappa shape index (κ3) is 5.53. The molecule has 0 saturated carbocycles. The van der Waals surface area contributed by atoms with Crippen molar-refractivity contribution in [1.82, 2.24) is 0 Å². The van der Waals surface area contributed by atoms with E-state index in [9.17, 15) is 33.0 Å². The number of nitrogens with zero attached hydrogens (tertiary/aromatic N) is 1. The van der Waals surface area contributed by atoms with E-state index in [1.54, 1.807) is 12.1 Å². The van der Waals surface area contributed by atoms with Crippen LogP contribution in [0, 0.1) is 0 Å². The quantitative estimate of drug-likeness (QED) is 0.249. The third-order valence-electron chi connectivity index (χ3n) is 5.46. The van der Waals surface area contributed by atoms with Crippen molar-refractivity contribution in [1.29, 1.82) is 0 Å². The molecule has 7 nitrogen and oxygen atoms in total. The Hall–Kier alpha value is -4.47. The second-order valence-electron chi connectivity index (χ2n) is 8.50. The van der Waals surface area contributed by atoms with Gasteiger partial charge in [-0.15, -0.1) is 13.2 Å². The van der Waals surface area contributed by atoms with Gasteiger partial charge >= 0.3 is 6.36 Å². The molecule has 3 aromatic carbocycles. The predicted octanol–water partition coefficient (Wildman–Crippen LogP) is 5.70. The van der Waals surface area contributed by atoms with Crippen LogP contribution in [-0.4, -0.2) is 34.4 Å². The molecule has 2 N–H and O–H groups in total. The minimum Gasteiger partial charge on any atom is -0.508 e. The van der Waals surface area contributed by atoms with Gasteiger partial charge in [0.2, 0.25) is 0 Å². The van der Waals surface area contributed by atoms with Crippen LogP contribution in [0.5, 0.6) is 17.2 Å². The number of aliphatic hydroxyl groups is 1. The van der Waals surface area contributed by atoms with Crippen molar-refractivity contribution in [2.45, 2.75) is 32.4 Å². The average molecular weight is 513 g/mol. The molecule has 0 aromatic heterocycles. The standard InChI is InChI=1S/C27H22F3NO6/c1-15(2)36-20-7-3-5-17(13-20)24(33)22-23(16-9-11-19(32)12-10-16)31(26(35)25(22)34)18-6-4-8-21(14-18)37-27(28,29)30/h3-15,23,32-33H,1-2H3/b24-22+. The number of ether oxygens (including phenoxy) is 2. The molecule has 37 heavy (non-hydrogen) atoms. The Kier molecular flexibility index (Phi) is 6.84. The van der Waals surface area contributed by atoms with E-state index in [0.29, 0.717) is 11.3 Å². The van der Waals surface area contributed by atoms with Crippen molar-refractivity contribution < 1.29 is 42.4 Å². The summed E-state index contributed by atoms with van der Waals surface area (Å²) in [6, 6.07) is 15.3. The topological polar surface area (TPSA) is 96.3 Å². The van der Waals surface area contributed by atoms with Crippen LogP contribution in [0.4, 0.5) is 18.9 Å². The number of carbonyl (C=O) groups is 2. The molecule has 3 aromatic rings. The normalized spacial score (nSPS) is 17.4. The Morgan fingerprint density at radius 3 is 2.24 bits per heavy atom. The number of ketones is 1. The van der Waals surface area contributed by atoms with Crippen LogP contribution in [0.2, 0.25) is 0 Å². The number of rotatable bonds is 6. The zero-order valence-electron chi connectivity index (χ0n) is 19.7. The molecule has 4 rings (SSSR count). The molecule has 1 fully saturated rings. The van der Waals surface area contributed by atoms with Gasteiger partial charge in [0.05, 0.1) is 17.7 Å². The summed E-state index contributed by atoms with van der Waals surface area (Å²) in [4.78, 5) is 27.4. The summed E-state index contributed by atoms with van der Waals surface area (Å²) in [5.74, 6) is -2.83. The molecule has 1 saturated heterocycles. The van der Waals surface area contributed by atoms with Crippen LogP contribution >= 0.6 is 0 Å². The van der Waals surface area contributed by atoms with E-state index < -0.39 is 35.6 Å². The number of halogens is 3. The molecule has 0 spiro atoms. The molecule has 1 heterocycles. The first kappa shape index (κ1) is 25.6. The number of phenols is 1. The van der Waals surface area contributed by atoms with E-state index in [0.717, 1.165) is 17.0 Å². The van der Waals surface area contributed by atoms with Gasteiger partial charge < -0.3 is 19.7 Å². The lowest BCUT2D eigenvalue weighted by Gasteiger charge is -2.26. The number of carbonyl (C=O) groups excluding carboxylic acids is 2. The summed E-state index contributed by atoms with van der Waals surface area (Å²) in [5.41, 5.74) is 0.196. The molecule has 0 bridgehead atoms. The largest absolute Gasteiger partial charge is 0.573 e. The SMILES string of the molecule is CC(C)Oc1cccc(/C(O)=C2\C(=O)C(=O)N(c3cccc(OC(F)(F)F)c3)C2c2ccc(O)cc2)c1. The monoisotopic (exact) mass is 513 g/mol. The number of Topliss-reactive ketones (excluding diaryl/α,β-unsaturated/α-hetero) is 1. The van der Waals surface area contributed by atoms with Crippen LogP contribution in [-0.2, 0) is 9.59 Å². The minimum atomic E-state index is -4.97. The molecule has 1 aliphatic rings. The van der Waals surface area contributed by atoms with Crippen molar-refractivity contribution in [2.24, 2.45) is 0 Å². The fraction of sp³-hybridized carbons (Fsp3) is 0.185. The molecule has 10 heteroatoms. The van der Waals surface area contributed by atoms with Crippen molar-refractivity contribution in [3.05, 3.63) is 89.5 Å².